The van der Waals surface area contributed by atoms with Gasteiger partial charge >= 0.3 is 0 Å². The summed E-state index contributed by atoms with van der Waals surface area (Å²) in [5.74, 6) is 1.39. The number of nitrogens with one attached hydrogen (secondary N) is 2. The van der Waals surface area contributed by atoms with Gasteiger partial charge in [-0.15, -0.1) is 0 Å². The largest absolute Gasteiger partial charge is 0.444 e. The average molecular weight is 328 g/mol. The maximum Gasteiger partial charge on any atom is 0.226 e. The molecular weight excluding hydrogens is 304 g/mol. The fraction of sp³-hybridized carbons (Fsp3) is 0.444. The number of oxazole rings is 1. The minimum absolute atomic E-state index is 0.388. The van der Waals surface area contributed by atoms with Crippen molar-refractivity contribution in [1.82, 2.24) is 15.6 Å². The van der Waals surface area contributed by atoms with E-state index in [9.17, 15) is 0 Å². The molecule has 1 aromatic heterocycles. The third-order valence-corrected chi connectivity index (χ3v) is 4.02. The van der Waals surface area contributed by atoms with Gasteiger partial charge in [0.2, 0.25) is 5.89 Å². The first-order chi connectivity index (χ1) is 11.8. The van der Waals surface area contributed by atoms with E-state index in [0.717, 1.165) is 43.2 Å². The van der Waals surface area contributed by atoms with Crippen molar-refractivity contribution in [3.63, 3.8) is 0 Å². The minimum Gasteiger partial charge on any atom is -0.444 e. The van der Waals surface area contributed by atoms with Crippen molar-refractivity contribution in [3.8, 4) is 11.5 Å². The molecule has 0 spiro atoms. The van der Waals surface area contributed by atoms with Crippen LogP contribution in [0.15, 0.2) is 46.0 Å². The lowest BCUT2D eigenvalue weighted by Gasteiger charge is -2.13. The van der Waals surface area contributed by atoms with Crippen LogP contribution in [-0.2, 0) is 11.3 Å². The Labute approximate surface area is 142 Å². The maximum atomic E-state index is 5.62. The molecule has 2 heterocycles. The highest BCUT2D eigenvalue weighted by Gasteiger charge is 2.14. The summed E-state index contributed by atoms with van der Waals surface area (Å²) in [5, 5.41) is 6.56. The van der Waals surface area contributed by atoms with E-state index < -0.39 is 0 Å². The molecule has 0 saturated carbocycles. The number of aliphatic imine (C=N–C) groups is 1. The molecule has 6 nitrogen and oxygen atoms in total. The SMILES string of the molecule is CN=C(NCCC1CCCO1)NCc1coc(-c2ccccc2)n1. The molecule has 1 unspecified atom stereocenters. The number of hydrogen-bond acceptors (Lipinski definition) is 4. The summed E-state index contributed by atoms with van der Waals surface area (Å²) < 4.78 is 11.2. The molecule has 1 saturated heterocycles. The van der Waals surface area contributed by atoms with Crippen LogP contribution < -0.4 is 10.6 Å². The Morgan fingerprint density at radius 3 is 2.92 bits per heavy atom. The summed E-state index contributed by atoms with van der Waals surface area (Å²) in [7, 11) is 1.76. The maximum absolute atomic E-state index is 5.62. The van der Waals surface area contributed by atoms with Crippen molar-refractivity contribution in [2.75, 3.05) is 20.2 Å². The summed E-state index contributed by atoms with van der Waals surface area (Å²) in [4.78, 5) is 8.73. The van der Waals surface area contributed by atoms with Crippen LogP contribution in [0.25, 0.3) is 11.5 Å². The van der Waals surface area contributed by atoms with Gasteiger partial charge in [0.05, 0.1) is 18.3 Å². The van der Waals surface area contributed by atoms with E-state index in [2.05, 4.69) is 20.6 Å². The summed E-state index contributed by atoms with van der Waals surface area (Å²) >= 11 is 0. The van der Waals surface area contributed by atoms with Crippen LogP contribution >= 0.6 is 0 Å². The predicted octanol–water partition coefficient (Wildman–Crippen LogP) is 2.58. The molecule has 1 aliphatic rings. The number of nitrogens with zero attached hydrogens (tertiary/aromatic N) is 2. The van der Waals surface area contributed by atoms with Gasteiger partial charge in [-0.2, -0.15) is 0 Å². The molecule has 1 atom stereocenters. The van der Waals surface area contributed by atoms with E-state index in [1.165, 1.54) is 6.42 Å². The molecule has 6 heteroatoms. The van der Waals surface area contributed by atoms with Crippen molar-refractivity contribution in [3.05, 3.63) is 42.3 Å². The van der Waals surface area contributed by atoms with Gasteiger partial charge in [-0.1, -0.05) is 18.2 Å². The molecule has 128 valence electrons. The van der Waals surface area contributed by atoms with Crippen LogP contribution in [0.1, 0.15) is 25.0 Å². The Bertz CT molecular complexity index is 648. The van der Waals surface area contributed by atoms with Gasteiger partial charge in [-0.25, -0.2) is 4.98 Å². The van der Waals surface area contributed by atoms with Gasteiger partial charge in [0, 0.05) is 25.8 Å². The van der Waals surface area contributed by atoms with E-state index in [4.69, 9.17) is 9.15 Å². The molecule has 0 amide bonds. The second-order valence-corrected chi connectivity index (χ2v) is 5.79. The zero-order valence-electron chi connectivity index (χ0n) is 14.0. The first kappa shape index (κ1) is 16.5. The Kier molecular flexibility index (Phi) is 5.85. The van der Waals surface area contributed by atoms with E-state index >= 15 is 0 Å². The number of hydrogen-bond donors (Lipinski definition) is 2. The molecule has 3 rings (SSSR count). The Morgan fingerprint density at radius 1 is 1.29 bits per heavy atom. The first-order valence-corrected chi connectivity index (χ1v) is 8.41. The number of rotatable bonds is 6. The predicted molar refractivity (Wildman–Crippen MR) is 93.7 cm³/mol. The van der Waals surface area contributed by atoms with E-state index in [1.807, 2.05) is 30.3 Å². The molecular formula is C18H24N4O2. The van der Waals surface area contributed by atoms with Crippen LogP contribution in [0.2, 0.25) is 0 Å². The summed E-state index contributed by atoms with van der Waals surface area (Å²) in [6, 6.07) is 9.87. The molecule has 1 fully saturated rings. The number of ether oxygens (including phenoxy) is 1. The van der Waals surface area contributed by atoms with Crippen molar-refractivity contribution in [1.29, 1.82) is 0 Å². The van der Waals surface area contributed by atoms with Crippen LogP contribution in [-0.4, -0.2) is 37.2 Å². The number of guanidine groups is 1. The lowest BCUT2D eigenvalue weighted by atomic mass is 10.2. The topological polar surface area (TPSA) is 71.7 Å². The molecule has 0 aliphatic carbocycles. The monoisotopic (exact) mass is 328 g/mol. The van der Waals surface area contributed by atoms with Gasteiger partial charge in [0.15, 0.2) is 5.96 Å². The Hall–Kier alpha value is -2.34. The van der Waals surface area contributed by atoms with E-state index in [0.29, 0.717) is 18.5 Å². The molecule has 2 aromatic rings. The van der Waals surface area contributed by atoms with Crippen LogP contribution in [0.4, 0.5) is 0 Å². The fourth-order valence-corrected chi connectivity index (χ4v) is 2.72. The number of benzene rings is 1. The smallest absolute Gasteiger partial charge is 0.226 e. The van der Waals surface area contributed by atoms with E-state index in [-0.39, 0.29) is 0 Å². The van der Waals surface area contributed by atoms with Gasteiger partial charge in [-0.05, 0) is 31.4 Å². The zero-order valence-corrected chi connectivity index (χ0v) is 14.0. The van der Waals surface area contributed by atoms with E-state index in [1.54, 1.807) is 13.3 Å². The van der Waals surface area contributed by atoms with Crippen molar-refractivity contribution < 1.29 is 9.15 Å². The normalized spacial score (nSPS) is 17.9. The van der Waals surface area contributed by atoms with Gasteiger partial charge in [0.1, 0.15) is 6.26 Å². The lowest BCUT2D eigenvalue weighted by Crippen LogP contribution is -2.38. The highest BCUT2D eigenvalue weighted by atomic mass is 16.5. The molecule has 24 heavy (non-hydrogen) atoms. The molecule has 2 N–H and O–H groups in total. The highest BCUT2D eigenvalue weighted by molar-refractivity contribution is 5.79. The zero-order chi connectivity index (χ0) is 16.6. The van der Waals surface area contributed by atoms with Gasteiger partial charge in [-0.3, -0.25) is 4.99 Å². The fourth-order valence-electron chi connectivity index (χ4n) is 2.72. The summed E-state index contributed by atoms with van der Waals surface area (Å²) in [5.41, 5.74) is 1.82. The molecule has 1 aliphatic heterocycles. The quantitative estimate of drug-likeness (QED) is 0.630. The third-order valence-electron chi connectivity index (χ3n) is 4.02. The summed E-state index contributed by atoms with van der Waals surface area (Å²) in [6.45, 7) is 2.31. The molecule has 0 bridgehead atoms. The number of aromatic nitrogens is 1. The van der Waals surface area contributed by atoms with Crippen LogP contribution in [0, 0.1) is 0 Å². The van der Waals surface area contributed by atoms with Crippen molar-refractivity contribution >= 4 is 5.96 Å². The lowest BCUT2D eigenvalue weighted by molar-refractivity contribution is 0.105. The molecule has 0 radical (unpaired) electrons. The van der Waals surface area contributed by atoms with Crippen LogP contribution in [0.5, 0.6) is 0 Å². The summed E-state index contributed by atoms with van der Waals surface area (Å²) in [6.07, 6.45) is 5.40. The van der Waals surface area contributed by atoms with Crippen molar-refractivity contribution in [2.45, 2.75) is 31.9 Å². The van der Waals surface area contributed by atoms with Crippen LogP contribution in [0.3, 0.4) is 0 Å². The standard InChI is InChI=1S/C18H24N4O2/c1-19-18(20-10-9-16-8-5-11-23-16)21-12-15-13-24-17(22-15)14-6-3-2-4-7-14/h2-4,6-7,13,16H,5,8-12H2,1H3,(H2,19,20,21). The molecule has 1 aromatic carbocycles. The first-order valence-electron chi connectivity index (χ1n) is 8.41. The van der Waals surface area contributed by atoms with Gasteiger partial charge < -0.3 is 19.8 Å². The highest BCUT2D eigenvalue weighted by Crippen LogP contribution is 2.17. The Balaban J connectivity index is 1.44. The van der Waals surface area contributed by atoms with Gasteiger partial charge in [0.25, 0.3) is 0 Å². The second kappa shape index (κ2) is 8.49. The third kappa shape index (κ3) is 4.58. The minimum atomic E-state index is 0.388. The average Bonchev–Trinajstić information content (AvgIpc) is 3.30. The Morgan fingerprint density at radius 2 is 2.17 bits per heavy atom. The second-order valence-electron chi connectivity index (χ2n) is 5.79. The van der Waals surface area contributed by atoms with Crippen molar-refractivity contribution in [2.24, 2.45) is 4.99 Å².